The molecule has 0 saturated carbocycles. The van der Waals surface area contributed by atoms with Crippen LogP contribution >= 0.6 is 12.4 Å². The van der Waals surface area contributed by atoms with Crippen molar-refractivity contribution in [3.8, 4) is 0 Å². The number of hydrogen-bond donors (Lipinski definition) is 2. The Kier molecular flexibility index (Phi) is 7.12. The molecule has 0 spiro atoms. The second-order valence-corrected chi connectivity index (χ2v) is 7.15. The van der Waals surface area contributed by atoms with E-state index in [1.807, 2.05) is 6.07 Å². The van der Waals surface area contributed by atoms with Crippen LogP contribution in [0.3, 0.4) is 0 Å². The van der Waals surface area contributed by atoms with Crippen LogP contribution in [-0.2, 0) is 32.0 Å². The van der Waals surface area contributed by atoms with Crippen LogP contribution in [0.2, 0.25) is 0 Å². The van der Waals surface area contributed by atoms with Crippen molar-refractivity contribution in [1.29, 1.82) is 0 Å². The zero-order valence-corrected chi connectivity index (χ0v) is 18.5. The molecule has 0 aromatic heterocycles. The summed E-state index contributed by atoms with van der Waals surface area (Å²) in [6, 6.07) is 2.97. The highest BCUT2D eigenvalue weighted by Crippen LogP contribution is 2.27. The van der Waals surface area contributed by atoms with Gasteiger partial charge in [-0.2, -0.15) is 0 Å². The van der Waals surface area contributed by atoms with Gasteiger partial charge in [0.2, 0.25) is 5.91 Å². The van der Waals surface area contributed by atoms with E-state index in [0.29, 0.717) is 18.5 Å². The standard InChI is InChI=1S/C24H28N2O5.ClH/c1-2-31-24(30)20(14-12-17-8-4-3-5-9-17)25-19-15-13-18-10-6-7-11-21(18)26(23(19)29)16-22(27)28;/h3-11,19-20,25H,2,12-16H2,1H3,(H,27,28);1H/t19-,20+;/m1./s1/i3D,4D,5D,8D,9D;. The first-order valence-corrected chi connectivity index (χ1v) is 10.2. The van der Waals surface area contributed by atoms with Gasteiger partial charge < -0.3 is 9.84 Å². The van der Waals surface area contributed by atoms with Crippen molar-refractivity contribution in [2.45, 2.75) is 44.7 Å². The van der Waals surface area contributed by atoms with E-state index in [1.165, 1.54) is 4.90 Å². The molecule has 0 aliphatic carbocycles. The van der Waals surface area contributed by atoms with Gasteiger partial charge in [0, 0.05) is 5.69 Å². The van der Waals surface area contributed by atoms with Crippen molar-refractivity contribution >= 4 is 35.9 Å². The van der Waals surface area contributed by atoms with Gasteiger partial charge in [-0.3, -0.25) is 24.6 Å². The summed E-state index contributed by atoms with van der Waals surface area (Å²) in [5.41, 5.74) is 1.37. The third-order valence-corrected chi connectivity index (χ3v) is 5.05. The SMILES string of the molecule is Cl.[2H]c1c([2H])c([2H])c(CC[C@H](N[C@@H]2CCc3ccccc3N(CC(=O)O)C2=O)C(=O)OCC)c([2H])c1[2H]. The number of ether oxygens (including phenoxy) is 1. The maximum atomic E-state index is 13.4. The lowest BCUT2D eigenvalue weighted by Crippen LogP contribution is -2.53. The highest BCUT2D eigenvalue weighted by atomic mass is 35.5. The van der Waals surface area contributed by atoms with Gasteiger partial charge in [0.25, 0.3) is 0 Å². The summed E-state index contributed by atoms with van der Waals surface area (Å²) in [4.78, 5) is 38.8. The molecule has 0 radical (unpaired) electrons. The van der Waals surface area contributed by atoms with Gasteiger partial charge in [-0.25, -0.2) is 0 Å². The highest BCUT2D eigenvalue weighted by Gasteiger charge is 2.34. The Labute approximate surface area is 201 Å². The minimum Gasteiger partial charge on any atom is -0.480 e. The van der Waals surface area contributed by atoms with E-state index in [0.717, 1.165) is 5.56 Å². The quantitative estimate of drug-likeness (QED) is 0.553. The number of aryl methyl sites for hydroxylation is 1. The fourth-order valence-corrected chi connectivity index (χ4v) is 3.61. The fourth-order valence-electron chi connectivity index (χ4n) is 3.61. The van der Waals surface area contributed by atoms with E-state index in [-0.39, 0.29) is 49.5 Å². The van der Waals surface area contributed by atoms with Gasteiger partial charge in [-0.1, -0.05) is 48.4 Å². The number of anilines is 1. The van der Waals surface area contributed by atoms with Gasteiger partial charge >= 0.3 is 11.9 Å². The molecule has 2 N–H and O–H groups in total. The van der Waals surface area contributed by atoms with Gasteiger partial charge in [0.15, 0.2) is 0 Å². The van der Waals surface area contributed by atoms with Gasteiger partial charge in [0.05, 0.1) is 19.5 Å². The number of benzene rings is 2. The topological polar surface area (TPSA) is 95.9 Å². The lowest BCUT2D eigenvalue weighted by molar-refractivity contribution is -0.146. The average molecular weight is 466 g/mol. The number of carboxylic acid groups (broad SMARTS) is 1. The van der Waals surface area contributed by atoms with Crippen molar-refractivity contribution in [3.05, 3.63) is 65.6 Å². The molecule has 32 heavy (non-hydrogen) atoms. The lowest BCUT2D eigenvalue weighted by Gasteiger charge is -2.27. The molecular formula is C24H29ClN2O5. The number of hydrogen-bond acceptors (Lipinski definition) is 5. The van der Waals surface area contributed by atoms with Crippen LogP contribution in [-0.4, -0.2) is 48.2 Å². The molecule has 1 aliphatic heterocycles. The summed E-state index contributed by atoms with van der Waals surface area (Å²) in [5, 5.41) is 12.4. The maximum absolute atomic E-state index is 13.4. The Hall–Kier alpha value is -2.90. The van der Waals surface area contributed by atoms with Crippen LogP contribution in [0.5, 0.6) is 0 Å². The number of fused-ring (bicyclic) bond motifs is 1. The maximum Gasteiger partial charge on any atom is 0.323 e. The van der Waals surface area contributed by atoms with Crippen molar-refractivity contribution in [2.24, 2.45) is 0 Å². The summed E-state index contributed by atoms with van der Waals surface area (Å²) in [6.07, 6.45) is 0.736. The lowest BCUT2D eigenvalue weighted by atomic mass is 10.0. The first-order chi connectivity index (χ1) is 17.1. The number of carboxylic acids is 1. The Morgan fingerprint density at radius 2 is 2.00 bits per heavy atom. The number of amides is 1. The number of para-hydroxylation sites is 1. The number of halogens is 1. The third-order valence-electron chi connectivity index (χ3n) is 5.05. The number of rotatable bonds is 9. The normalized spacial score (nSPS) is 18.5. The zero-order valence-electron chi connectivity index (χ0n) is 22.6. The number of carbonyl (C=O) groups excluding carboxylic acids is 2. The molecule has 1 heterocycles. The molecule has 0 saturated heterocycles. The summed E-state index contributed by atoms with van der Waals surface area (Å²) in [7, 11) is 0. The molecule has 2 atom stereocenters. The Morgan fingerprint density at radius 3 is 2.69 bits per heavy atom. The molecule has 0 bridgehead atoms. The molecule has 3 rings (SSSR count). The molecule has 172 valence electrons. The van der Waals surface area contributed by atoms with Gasteiger partial charge in [-0.15, -0.1) is 12.4 Å². The second kappa shape index (κ2) is 12.2. The summed E-state index contributed by atoms with van der Waals surface area (Å²) in [5.74, 6) is -2.33. The van der Waals surface area contributed by atoms with Crippen molar-refractivity contribution in [2.75, 3.05) is 18.1 Å². The molecule has 8 heteroatoms. The summed E-state index contributed by atoms with van der Waals surface area (Å²) in [6.45, 7) is 1.17. The van der Waals surface area contributed by atoms with Crippen molar-refractivity contribution in [3.63, 3.8) is 0 Å². The molecule has 1 amide bonds. The first-order valence-electron chi connectivity index (χ1n) is 12.7. The largest absolute Gasteiger partial charge is 0.480 e. The van der Waals surface area contributed by atoms with Crippen LogP contribution in [0.4, 0.5) is 5.69 Å². The minimum absolute atomic E-state index is 0. The predicted molar refractivity (Wildman–Crippen MR) is 124 cm³/mol. The molecule has 2 aromatic rings. The number of esters is 1. The number of aliphatic carboxylic acids is 1. The summed E-state index contributed by atoms with van der Waals surface area (Å²) < 4.78 is 44.9. The van der Waals surface area contributed by atoms with E-state index in [9.17, 15) is 19.5 Å². The molecule has 7 nitrogen and oxygen atoms in total. The molecule has 0 fully saturated rings. The number of carbonyl (C=O) groups is 3. The molecule has 1 aliphatic rings. The van der Waals surface area contributed by atoms with Gasteiger partial charge in [-0.05, 0) is 49.8 Å². The predicted octanol–water partition coefficient (Wildman–Crippen LogP) is 2.99. The monoisotopic (exact) mass is 465 g/mol. The van der Waals surface area contributed by atoms with Crippen LogP contribution in [0.15, 0.2) is 54.5 Å². The fraction of sp³-hybridized carbons (Fsp3) is 0.375. The first kappa shape index (κ1) is 18.7. The van der Waals surface area contributed by atoms with E-state index in [4.69, 9.17) is 11.6 Å². The van der Waals surface area contributed by atoms with Crippen molar-refractivity contribution in [1.82, 2.24) is 5.32 Å². The minimum atomic E-state index is -1.18. The molecule has 2 aromatic carbocycles. The van der Waals surface area contributed by atoms with Crippen LogP contribution in [0.1, 0.15) is 37.7 Å². The van der Waals surface area contributed by atoms with Crippen LogP contribution in [0.25, 0.3) is 0 Å². The van der Waals surface area contributed by atoms with Crippen LogP contribution < -0.4 is 10.2 Å². The van der Waals surface area contributed by atoms with Crippen LogP contribution in [0, 0.1) is 0 Å². The Bertz CT molecular complexity index is 1150. The Balaban J connectivity index is 0.00000481. The molecular weight excluding hydrogens is 432 g/mol. The van der Waals surface area contributed by atoms with E-state index >= 15 is 0 Å². The number of nitrogens with zero attached hydrogens (tertiary/aromatic N) is 1. The average Bonchev–Trinajstić information content (AvgIpc) is 2.97. The number of nitrogens with one attached hydrogen (secondary N) is 1. The highest BCUT2D eigenvalue weighted by molar-refractivity contribution is 6.02. The zero-order chi connectivity index (χ0) is 26.6. The van der Waals surface area contributed by atoms with Crippen molar-refractivity contribution < 1.29 is 31.1 Å². The van der Waals surface area contributed by atoms with E-state index in [2.05, 4.69) is 5.32 Å². The molecule has 0 unspecified atom stereocenters. The Morgan fingerprint density at radius 1 is 1.28 bits per heavy atom. The van der Waals surface area contributed by atoms with E-state index < -0.39 is 54.6 Å². The second-order valence-electron chi connectivity index (χ2n) is 7.15. The third kappa shape index (κ3) is 6.55. The smallest absolute Gasteiger partial charge is 0.323 e. The van der Waals surface area contributed by atoms with E-state index in [1.54, 1.807) is 25.1 Å². The summed E-state index contributed by atoms with van der Waals surface area (Å²) >= 11 is 0. The van der Waals surface area contributed by atoms with Gasteiger partial charge in [0.1, 0.15) is 12.6 Å².